The smallest absolute Gasteiger partial charge is 0.190 e. The Kier molecular flexibility index (Phi) is 4.59. The van der Waals surface area contributed by atoms with E-state index in [-0.39, 0.29) is 24.3 Å². The van der Waals surface area contributed by atoms with Crippen molar-refractivity contribution in [3.05, 3.63) is 35.5 Å². The molecule has 1 atom stereocenters. The highest BCUT2D eigenvalue weighted by Crippen LogP contribution is 2.27. The molecule has 116 valence electrons. The van der Waals surface area contributed by atoms with Gasteiger partial charge >= 0.3 is 0 Å². The van der Waals surface area contributed by atoms with Crippen molar-refractivity contribution in [2.75, 3.05) is 6.61 Å². The van der Waals surface area contributed by atoms with Crippen molar-refractivity contribution >= 4 is 0 Å². The van der Waals surface area contributed by atoms with Crippen molar-refractivity contribution in [2.45, 2.75) is 38.8 Å². The molecule has 6 nitrogen and oxygen atoms in total. The van der Waals surface area contributed by atoms with Crippen molar-refractivity contribution in [3.8, 4) is 17.3 Å². The minimum Gasteiger partial charge on any atom is -0.394 e. The van der Waals surface area contributed by atoms with E-state index in [1.165, 1.54) is 10.2 Å². The lowest BCUT2D eigenvalue weighted by molar-refractivity contribution is 0.0782. The minimum atomic E-state index is -0.944. The van der Waals surface area contributed by atoms with Crippen molar-refractivity contribution in [1.29, 1.82) is 5.26 Å². The van der Waals surface area contributed by atoms with Crippen LogP contribution in [0.15, 0.2) is 24.3 Å². The quantitative estimate of drug-likeness (QED) is 0.891. The maximum atomic E-state index is 9.59. The van der Waals surface area contributed by atoms with Gasteiger partial charge in [0.15, 0.2) is 5.69 Å². The van der Waals surface area contributed by atoms with E-state index in [1.807, 2.05) is 30.3 Å². The van der Waals surface area contributed by atoms with Crippen molar-refractivity contribution in [1.82, 2.24) is 15.0 Å². The fraction of sp³-hybridized carbons (Fsp3) is 0.438. The molecule has 0 aliphatic heterocycles. The zero-order valence-corrected chi connectivity index (χ0v) is 13.0. The molecule has 0 amide bonds. The number of rotatable bonds is 4. The molecule has 1 unspecified atom stereocenters. The number of nitrogens with zero attached hydrogens (tertiary/aromatic N) is 4. The van der Waals surface area contributed by atoms with Crippen molar-refractivity contribution in [3.63, 3.8) is 0 Å². The number of aliphatic hydroxyl groups excluding tert-OH is 2. The van der Waals surface area contributed by atoms with Crippen LogP contribution in [0.25, 0.3) is 11.3 Å². The number of aromatic nitrogens is 3. The molecule has 0 radical (unpaired) electrons. The van der Waals surface area contributed by atoms with E-state index >= 15 is 0 Å². The summed E-state index contributed by atoms with van der Waals surface area (Å²) in [6.45, 7) is 6.11. The second-order valence-corrected chi connectivity index (χ2v) is 6.24. The van der Waals surface area contributed by atoms with Gasteiger partial charge in [0.1, 0.15) is 11.8 Å². The average molecular weight is 300 g/mol. The largest absolute Gasteiger partial charge is 0.394 e. The van der Waals surface area contributed by atoms with Gasteiger partial charge in [-0.15, -0.1) is 5.10 Å². The predicted molar refractivity (Wildman–Crippen MR) is 82.0 cm³/mol. The normalized spacial score (nSPS) is 12.9. The van der Waals surface area contributed by atoms with E-state index in [9.17, 15) is 10.4 Å². The fourth-order valence-corrected chi connectivity index (χ4v) is 2.19. The SMILES string of the molecule is CC(C)(C)c1ccc(-c2c(C#N)nnn2CC(O)CO)cc1. The Labute approximate surface area is 129 Å². The van der Waals surface area contributed by atoms with Crippen LogP contribution in [-0.2, 0) is 12.0 Å². The Morgan fingerprint density at radius 2 is 1.91 bits per heavy atom. The summed E-state index contributed by atoms with van der Waals surface area (Å²) >= 11 is 0. The van der Waals surface area contributed by atoms with Crippen molar-refractivity contribution < 1.29 is 10.2 Å². The first-order chi connectivity index (χ1) is 10.4. The van der Waals surface area contributed by atoms with Crippen molar-refractivity contribution in [2.24, 2.45) is 0 Å². The molecule has 1 heterocycles. The van der Waals surface area contributed by atoms with Gasteiger partial charge in [0.2, 0.25) is 0 Å². The molecule has 0 spiro atoms. The molecule has 0 saturated heterocycles. The lowest BCUT2D eigenvalue weighted by Crippen LogP contribution is -2.21. The molecule has 2 N–H and O–H groups in total. The standard InChI is InChI=1S/C16H20N4O2/c1-16(2,3)12-6-4-11(5-7-12)15-14(8-17)18-19-20(15)9-13(22)10-21/h4-7,13,21-22H,9-10H2,1-3H3. The van der Waals surface area contributed by atoms with Crippen LogP contribution in [0.2, 0.25) is 0 Å². The zero-order valence-electron chi connectivity index (χ0n) is 13.0. The highest BCUT2D eigenvalue weighted by molar-refractivity contribution is 5.65. The summed E-state index contributed by atoms with van der Waals surface area (Å²) in [5, 5.41) is 35.5. The van der Waals surface area contributed by atoms with Crippen LogP contribution in [0.3, 0.4) is 0 Å². The number of nitriles is 1. The first kappa shape index (κ1) is 16.1. The summed E-state index contributed by atoms with van der Waals surface area (Å²) in [5.74, 6) is 0. The van der Waals surface area contributed by atoms with E-state index in [0.717, 1.165) is 5.56 Å². The summed E-state index contributed by atoms with van der Waals surface area (Å²) in [4.78, 5) is 0. The Morgan fingerprint density at radius 1 is 1.27 bits per heavy atom. The highest BCUT2D eigenvalue weighted by atomic mass is 16.3. The second kappa shape index (κ2) is 6.26. The number of hydrogen-bond acceptors (Lipinski definition) is 5. The molecule has 0 aliphatic carbocycles. The van der Waals surface area contributed by atoms with Crippen LogP contribution in [0.5, 0.6) is 0 Å². The average Bonchev–Trinajstić information content (AvgIpc) is 2.89. The third kappa shape index (κ3) is 3.32. The van der Waals surface area contributed by atoms with E-state index in [0.29, 0.717) is 5.69 Å². The van der Waals surface area contributed by atoms with Crippen LogP contribution in [0.1, 0.15) is 32.0 Å². The third-order valence-electron chi connectivity index (χ3n) is 3.46. The lowest BCUT2D eigenvalue weighted by atomic mass is 9.86. The molecule has 0 bridgehead atoms. The van der Waals surface area contributed by atoms with Crippen LogP contribution in [0.4, 0.5) is 0 Å². The third-order valence-corrected chi connectivity index (χ3v) is 3.46. The number of aliphatic hydroxyl groups is 2. The first-order valence-corrected chi connectivity index (χ1v) is 7.10. The molecule has 0 aliphatic rings. The zero-order chi connectivity index (χ0) is 16.3. The topological polar surface area (TPSA) is 95.0 Å². The summed E-state index contributed by atoms with van der Waals surface area (Å²) in [5.41, 5.74) is 2.79. The molecule has 1 aromatic carbocycles. The predicted octanol–water partition coefficient (Wildman–Crippen LogP) is 1.47. The van der Waals surface area contributed by atoms with Gasteiger partial charge in [0, 0.05) is 5.56 Å². The lowest BCUT2D eigenvalue weighted by Gasteiger charge is -2.19. The monoisotopic (exact) mass is 300 g/mol. The van der Waals surface area contributed by atoms with E-state index in [1.54, 1.807) is 0 Å². The molecule has 0 saturated carbocycles. The van der Waals surface area contributed by atoms with Gasteiger partial charge in [0.05, 0.1) is 19.3 Å². The summed E-state index contributed by atoms with van der Waals surface area (Å²) in [7, 11) is 0. The Morgan fingerprint density at radius 3 is 2.41 bits per heavy atom. The second-order valence-electron chi connectivity index (χ2n) is 6.24. The fourth-order valence-electron chi connectivity index (χ4n) is 2.19. The van der Waals surface area contributed by atoms with Crippen LogP contribution < -0.4 is 0 Å². The van der Waals surface area contributed by atoms with Gasteiger partial charge < -0.3 is 10.2 Å². The molecular formula is C16H20N4O2. The van der Waals surface area contributed by atoms with Gasteiger partial charge in [-0.05, 0) is 11.0 Å². The molecule has 6 heteroatoms. The number of hydrogen-bond donors (Lipinski definition) is 2. The van der Waals surface area contributed by atoms with E-state index in [2.05, 4.69) is 31.1 Å². The van der Waals surface area contributed by atoms with Crippen LogP contribution >= 0.6 is 0 Å². The van der Waals surface area contributed by atoms with Crippen LogP contribution in [0, 0.1) is 11.3 Å². The van der Waals surface area contributed by atoms with Gasteiger partial charge in [-0.25, -0.2) is 4.68 Å². The summed E-state index contributed by atoms with van der Waals surface area (Å²) < 4.78 is 1.45. The molecule has 2 rings (SSSR count). The maximum absolute atomic E-state index is 9.59. The van der Waals surface area contributed by atoms with Gasteiger partial charge in [0.25, 0.3) is 0 Å². The minimum absolute atomic E-state index is 0.0438. The summed E-state index contributed by atoms with van der Waals surface area (Å²) in [6, 6.07) is 9.87. The first-order valence-electron chi connectivity index (χ1n) is 7.10. The Balaban J connectivity index is 2.43. The van der Waals surface area contributed by atoms with Gasteiger partial charge in [-0.1, -0.05) is 50.3 Å². The van der Waals surface area contributed by atoms with E-state index < -0.39 is 6.10 Å². The van der Waals surface area contributed by atoms with Crippen LogP contribution in [-0.4, -0.2) is 37.9 Å². The molecule has 0 fully saturated rings. The maximum Gasteiger partial charge on any atom is 0.190 e. The molecule has 22 heavy (non-hydrogen) atoms. The highest BCUT2D eigenvalue weighted by Gasteiger charge is 2.18. The summed E-state index contributed by atoms with van der Waals surface area (Å²) in [6.07, 6.45) is -0.944. The van der Waals surface area contributed by atoms with Gasteiger partial charge in [-0.2, -0.15) is 5.26 Å². The number of benzene rings is 1. The Hall–Kier alpha value is -2.23. The molecular weight excluding hydrogens is 280 g/mol. The Bertz CT molecular complexity index is 678. The molecule has 2 aromatic rings. The van der Waals surface area contributed by atoms with E-state index in [4.69, 9.17) is 5.11 Å². The van der Waals surface area contributed by atoms with Gasteiger partial charge in [-0.3, -0.25) is 0 Å². The molecule has 1 aromatic heterocycles.